The van der Waals surface area contributed by atoms with Crippen molar-refractivity contribution in [2.24, 2.45) is 0 Å². The quantitative estimate of drug-likeness (QED) is 0.311. The molecule has 0 radical (unpaired) electrons. The summed E-state index contributed by atoms with van der Waals surface area (Å²) in [6.45, 7) is 11.5. The van der Waals surface area contributed by atoms with Crippen molar-refractivity contribution < 1.29 is 28.6 Å². The highest BCUT2D eigenvalue weighted by atomic mass is 32.2. The van der Waals surface area contributed by atoms with Gasteiger partial charge in [0.25, 0.3) is 11.1 Å². The lowest BCUT2D eigenvalue weighted by molar-refractivity contribution is -0.149. The van der Waals surface area contributed by atoms with Gasteiger partial charge in [-0.25, -0.2) is 0 Å². The highest BCUT2D eigenvalue weighted by Crippen LogP contribution is 2.37. The smallest absolute Gasteiger partial charge is 0.326 e. The van der Waals surface area contributed by atoms with Crippen LogP contribution in [0.4, 0.5) is 4.79 Å². The number of hydrogen-bond donors (Lipinski definition) is 0. The average Bonchev–Trinajstić information content (AvgIpc) is 2.91. The van der Waals surface area contributed by atoms with Crippen LogP contribution in [-0.2, 0) is 20.7 Å². The molecule has 0 aliphatic carbocycles. The standard InChI is InChI=1S/C22H27NO6S/c1-6-9-16-10-15(11-17(27-7-2)20(16)28-8-3)12-18-21(25)23(22(26)30-18)13-19(24)29-14(4)5/h6,10-12,14H,1,7-9,13H2,2-5H3/b18-12-. The van der Waals surface area contributed by atoms with Crippen LogP contribution in [-0.4, -0.2) is 47.9 Å². The minimum Gasteiger partial charge on any atom is -0.490 e. The molecular weight excluding hydrogens is 406 g/mol. The fourth-order valence-electron chi connectivity index (χ4n) is 2.86. The van der Waals surface area contributed by atoms with E-state index in [1.54, 1.807) is 32.1 Å². The summed E-state index contributed by atoms with van der Waals surface area (Å²) in [5.41, 5.74) is 1.55. The first-order chi connectivity index (χ1) is 14.3. The van der Waals surface area contributed by atoms with Crippen LogP contribution >= 0.6 is 11.8 Å². The Morgan fingerprint density at radius 1 is 1.20 bits per heavy atom. The van der Waals surface area contributed by atoms with E-state index in [0.29, 0.717) is 36.7 Å². The topological polar surface area (TPSA) is 82.1 Å². The van der Waals surface area contributed by atoms with Gasteiger partial charge >= 0.3 is 5.97 Å². The molecule has 0 bridgehead atoms. The molecule has 162 valence electrons. The van der Waals surface area contributed by atoms with Gasteiger partial charge in [-0.05, 0) is 69.6 Å². The number of hydrogen-bond acceptors (Lipinski definition) is 7. The number of rotatable bonds is 10. The minimum atomic E-state index is -0.624. The number of thioether (sulfide) groups is 1. The van der Waals surface area contributed by atoms with Crippen LogP contribution in [0.2, 0.25) is 0 Å². The lowest BCUT2D eigenvalue weighted by atomic mass is 10.0. The van der Waals surface area contributed by atoms with E-state index in [9.17, 15) is 14.4 Å². The van der Waals surface area contributed by atoms with E-state index in [0.717, 1.165) is 22.2 Å². The molecule has 30 heavy (non-hydrogen) atoms. The molecular formula is C22H27NO6S. The van der Waals surface area contributed by atoms with E-state index in [4.69, 9.17) is 14.2 Å². The van der Waals surface area contributed by atoms with E-state index in [-0.39, 0.29) is 11.0 Å². The van der Waals surface area contributed by atoms with Gasteiger partial charge in [0, 0.05) is 5.56 Å². The molecule has 8 heteroatoms. The Balaban J connectivity index is 2.35. The maximum Gasteiger partial charge on any atom is 0.326 e. The molecule has 0 N–H and O–H groups in total. The number of carbonyl (C=O) groups is 3. The second-order valence-electron chi connectivity index (χ2n) is 6.67. The van der Waals surface area contributed by atoms with Crippen LogP contribution < -0.4 is 9.47 Å². The van der Waals surface area contributed by atoms with Gasteiger partial charge < -0.3 is 14.2 Å². The maximum absolute atomic E-state index is 12.7. The van der Waals surface area contributed by atoms with Gasteiger partial charge in [0.15, 0.2) is 11.5 Å². The number of amides is 2. The molecule has 1 aliphatic rings. The SMILES string of the molecule is C=CCc1cc(/C=C2\SC(=O)N(CC(=O)OC(C)C)C2=O)cc(OCC)c1OCC. The second-order valence-corrected chi connectivity index (χ2v) is 7.67. The Kier molecular flexibility index (Phi) is 8.53. The van der Waals surface area contributed by atoms with Crippen LogP contribution in [0, 0.1) is 0 Å². The highest BCUT2D eigenvalue weighted by Gasteiger charge is 2.36. The Hall–Kier alpha value is -2.74. The lowest BCUT2D eigenvalue weighted by Crippen LogP contribution is -2.35. The summed E-state index contributed by atoms with van der Waals surface area (Å²) < 4.78 is 16.5. The van der Waals surface area contributed by atoms with Gasteiger partial charge in [-0.15, -0.1) is 6.58 Å². The molecule has 0 saturated carbocycles. The van der Waals surface area contributed by atoms with E-state index in [2.05, 4.69) is 6.58 Å². The molecule has 0 unspecified atom stereocenters. The predicted octanol–water partition coefficient (Wildman–Crippen LogP) is 4.20. The van der Waals surface area contributed by atoms with Crippen molar-refractivity contribution >= 4 is 35.0 Å². The van der Waals surface area contributed by atoms with Gasteiger partial charge in [0.05, 0.1) is 24.2 Å². The van der Waals surface area contributed by atoms with Crippen LogP contribution in [0.5, 0.6) is 11.5 Å². The van der Waals surface area contributed by atoms with Gasteiger partial charge in [-0.1, -0.05) is 6.08 Å². The lowest BCUT2D eigenvalue weighted by Gasteiger charge is -2.16. The van der Waals surface area contributed by atoms with Crippen molar-refractivity contribution in [2.75, 3.05) is 19.8 Å². The third kappa shape index (κ3) is 5.89. The maximum atomic E-state index is 12.7. The molecule has 1 fully saturated rings. The van der Waals surface area contributed by atoms with E-state index in [1.807, 2.05) is 19.9 Å². The van der Waals surface area contributed by atoms with E-state index < -0.39 is 23.7 Å². The molecule has 1 heterocycles. The van der Waals surface area contributed by atoms with Crippen LogP contribution in [0.1, 0.15) is 38.8 Å². The number of esters is 1. The van der Waals surface area contributed by atoms with Gasteiger partial charge in [-0.3, -0.25) is 19.3 Å². The third-order valence-electron chi connectivity index (χ3n) is 3.93. The predicted molar refractivity (Wildman–Crippen MR) is 117 cm³/mol. The van der Waals surface area contributed by atoms with Crippen LogP contribution in [0.15, 0.2) is 29.7 Å². The molecule has 1 aliphatic heterocycles. The van der Waals surface area contributed by atoms with E-state index in [1.165, 1.54) is 0 Å². The van der Waals surface area contributed by atoms with E-state index >= 15 is 0 Å². The molecule has 0 aromatic heterocycles. The summed E-state index contributed by atoms with van der Waals surface area (Å²) in [6.07, 6.45) is 3.60. The largest absolute Gasteiger partial charge is 0.490 e. The number of imide groups is 1. The Morgan fingerprint density at radius 2 is 1.90 bits per heavy atom. The van der Waals surface area contributed by atoms with Crippen molar-refractivity contribution in [2.45, 2.75) is 40.2 Å². The third-order valence-corrected chi connectivity index (χ3v) is 4.84. The normalized spacial score (nSPS) is 15.1. The zero-order valence-corrected chi connectivity index (χ0v) is 18.5. The van der Waals surface area contributed by atoms with Crippen molar-refractivity contribution in [3.05, 3.63) is 40.8 Å². The van der Waals surface area contributed by atoms with Crippen LogP contribution in [0.25, 0.3) is 6.08 Å². The molecule has 0 spiro atoms. The fraction of sp³-hybridized carbons (Fsp3) is 0.409. The van der Waals surface area contributed by atoms with Gasteiger partial charge in [0.2, 0.25) is 0 Å². The first-order valence-electron chi connectivity index (χ1n) is 9.78. The molecule has 7 nitrogen and oxygen atoms in total. The summed E-state index contributed by atoms with van der Waals surface area (Å²) in [4.78, 5) is 37.9. The molecule has 1 saturated heterocycles. The second kappa shape index (κ2) is 10.9. The zero-order valence-electron chi connectivity index (χ0n) is 17.7. The monoisotopic (exact) mass is 433 g/mol. The summed E-state index contributed by atoms with van der Waals surface area (Å²) >= 11 is 0.789. The number of benzene rings is 1. The average molecular weight is 434 g/mol. The summed E-state index contributed by atoms with van der Waals surface area (Å²) in [5.74, 6) is 0.0509. The van der Waals surface area contributed by atoms with Crippen molar-refractivity contribution in [3.63, 3.8) is 0 Å². The first kappa shape index (κ1) is 23.5. The molecule has 1 aromatic rings. The minimum absolute atomic E-state index is 0.230. The zero-order chi connectivity index (χ0) is 22.3. The van der Waals surface area contributed by atoms with Gasteiger partial charge in [0.1, 0.15) is 6.54 Å². The highest BCUT2D eigenvalue weighted by molar-refractivity contribution is 8.18. The molecule has 1 aromatic carbocycles. The van der Waals surface area contributed by atoms with Gasteiger partial charge in [-0.2, -0.15) is 0 Å². The Labute approximate surface area is 181 Å². The number of allylic oxidation sites excluding steroid dienone is 1. The summed E-state index contributed by atoms with van der Waals surface area (Å²) in [7, 11) is 0. The summed E-state index contributed by atoms with van der Waals surface area (Å²) in [6, 6.07) is 3.64. The Bertz CT molecular complexity index is 861. The van der Waals surface area contributed by atoms with Crippen LogP contribution in [0.3, 0.4) is 0 Å². The first-order valence-corrected chi connectivity index (χ1v) is 10.6. The number of carbonyl (C=O) groups excluding carboxylic acids is 3. The van der Waals surface area contributed by atoms with Crippen molar-refractivity contribution in [1.82, 2.24) is 4.90 Å². The van der Waals surface area contributed by atoms with Crippen molar-refractivity contribution in [3.8, 4) is 11.5 Å². The number of nitrogens with zero attached hydrogens (tertiary/aromatic N) is 1. The summed E-state index contributed by atoms with van der Waals surface area (Å²) in [5, 5.41) is -0.505. The molecule has 2 rings (SSSR count). The fourth-order valence-corrected chi connectivity index (χ4v) is 3.70. The molecule has 2 amide bonds. The number of ether oxygens (including phenoxy) is 3. The molecule has 0 atom stereocenters. The Morgan fingerprint density at radius 3 is 2.50 bits per heavy atom. The van der Waals surface area contributed by atoms with Crippen molar-refractivity contribution in [1.29, 1.82) is 0 Å².